The number of nitrogens with one attached hydrogen (secondary N) is 1. The van der Waals surface area contributed by atoms with Crippen LogP contribution in [0, 0.1) is 11.7 Å². The Morgan fingerprint density at radius 3 is 2.59 bits per heavy atom. The topological polar surface area (TPSA) is 57.6 Å². The maximum Gasteiger partial charge on any atom is 0.251 e. The highest BCUT2D eigenvalue weighted by molar-refractivity contribution is 5.81. The summed E-state index contributed by atoms with van der Waals surface area (Å²) in [6, 6.07) is 11.6. The Morgan fingerprint density at radius 1 is 1.00 bits per heavy atom. The molecule has 1 aromatic heterocycles. The largest absolute Gasteiger partial charge is 0.366 e. The molecule has 0 radical (unpaired) electrons. The van der Waals surface area contributed by atoms with Gasteiger partial charge in [0.1, 0.15) is 11.9 Å². The summed E-state index contributed by atoms with van der Waals surface area (Å²) < 4.78 is 15.8. The Kier molecular flexibility index (Phi) is 4.62. The fraction of sp³-hybridized carbons (Fsp3) is 0.455. The maximum absolute atomic E-state index is 14.1. The zero-order chi connectivity index (χ0) is 20.0. The fourth-order valence-corrected chi connectivity index (χ4v) is 5.17. The lowest BCUT2D eigenvalue weighted by Crippen LogP contribution is -2.56. The second-order valence-electron chi connectivity index (χ2n) is 8.22. The number of hydrogen-bond donors (Lipinski definition) is 1. The Balaban J connectivity index is 1.38. The number of nitrogens with zero attached hydrogens (tertiary/aromatic N) is 3. The number of hydrogen-bond acceptors (Lipinski definition) is 4. The smallest absolute Gasteiger partial charge is 0.251 e. The molecule has 7 heteroatoms. The molecule has 4 heterocycles. The van der Waals surface area contributed by atoms with Crippen molar-refractivity contribution in [3.05, 3.63) is 64.3 Å². The van der Waals surface area contributed by atoms with Crippen LogP contribution in [0.2, 0.25) is 0 Å². The molecule has 6 nitrogen and oxygen atoms in total. The van der Waals surface area contributed by atoms with Gasteiger partial charge in [-0.25, -0.2) is 4.39 Å². The zero-order valence-electron chi connectivity index (χ0n) is 16.3. The van der Waals surface area contributed by atoms with Crippen molar-refractivity contribution in [2.75, 3.05) is 44.2 Å². The van der Waals surface area contributed by atoms with Crippen molar-refractivity contribution in [2.45, 2.75) is 18.4 Å². The summed E-state index contributed by atoms with van der Waals surface area (Å²) in [5, 5.41) is 3.43. The minimum atomic E-state index is -0.456. The molecule has 0 saturated carbocycles. The number of pyridine rings is 1. The summed E-state index contributed by atoms with van der Waals surface area (Å²) in [7, 11) is 0. The van der Waals surface area contributed by atoms with Gasteiger partial charge in [0.2, 0.25) is 5.91 Å². The van der Waals surface area contributed by atoms with E-state index in [0.29, 0.717) is 31.9 Å². The Morgan fingerprint density at radius 2 is 1.79 bits per heavy atom. The van der Waals surface area contributed by atoms with Gasteiger partial charge in [-0.05, 0) is 24.6 Å². The van der Waals surface area contributed by atoms with E-state index in [1.807, 2.05) is 21.9 Å². The number of piperidine rings is 1. The summed E-state index contributed by atoms with van der Waals surface area (Å²) in [5.74, 6) is 0.183. The van der Waals surface area contributed by atoms with E-state index >= 15 is 0 Å². The molecule has 2 fully saturated rings. The number of carbonyl (C=O) groups excluding carboxylic acids is 1. The van der Waals surface area contributed by atoms with Gasteiger partial charge in [-0.1, -0.05) is 18.2 Å². The van der Waals surface area contributed by atoms with Crippen molar-refractivity contribution in [2.24, 2.45) is 5.92 Å². The zero-order valence-corrected chi connectivity index (χ0v) is 16.3. The number of halogens is 1. The minimum absolute atomic E-state index is 0.0138. The van der Waals surface area contributed by atoms with Crippen LogP contribution in [0.5, 0.6) is 0 Å². The van der Waals surface area contributed by atoms with Crippen LogP contribution in [-0.4, -0.2) is 54.6 Å². The number of para-hydroxylation sites is 1. The van der Waals surface area contributed by atoms with E-state index < -0.39 is 6.04 Å². The molecule has 3 aliphatic heterocycles. The lowest BCUT2D eigenvalue weighted by atomic mass is 9.79. The predicted molar refractivity (Wildman–Crippen MR) is 109 cm³/mol. The third kappa shape index (κ3) is 3.13. The predicted octanol–water partition coefficient (Wildman–Crippen LogP) is 1.58. The SMILES string of the molecule is O=C([C@H]1[C@@H]2CNC[C@@H](C2)c2cccc(=O)n21)N1CCN(c2ccccc2F)CC1. The molecule has 3 atom stereocenters. The molecule has 1 amide bonds. The molecule has 2 bridgehead atoms. The molecular weight excluding hydrogens is 371 g/mol. The number of aromatic nitrogens is 1. The molecule has 0 unspecified atom stereocenters. The van der Waals surface area contributed by atoms with Crippen molar-refractivity contribution in [1.29, 1.82) is 0 Å². The molecule has 0 spiro atoms. The van der Waals surface area contributed by atoms with Crippen LogP contribution in [0.15, 0.2) is 47.3 Å². The number of fused-ring (bicyclic) bond motifs is 4. The lowest BCUT2D eigenvalue weighted by molar-refractivity contribution is -0.138. The van der Waals surface area contributed by atoms with Crippen molar-refractivity contribution in [3.63, 3.8) is 0 Å². The van der Waals surface area contributed by atoms with Crippen LogP contribution < -0.4 is 15.8 Å². The number of amides is 1. The summed E-state index contributed by atoms with van der Waals surface area (Å²) in [5.41, 5.74) is 1.45. The van der Waals surface area contributed by atoms with Crippen LogP contribution in [0.3, 0.4) is 0 Å². The van der Waals surface area contributed by atoms with E-state index in [1.165, 1.54) is 6.07 Å². The standard InChI is InChI=1S/C22H25FN4O2/c23-17-4-1-2-5-19(17)25-8-10-26(11-9-25)22(29)21-16-12-15(13-24-14-16)18-6-3-7-20(28)27(18)21/h1-7,15-16,21,24H,8-14H2/t15-,16+,21-/m1/s1. The van der Waals surface area contributed by atoms with Gasteiger partial charge in [-0.15, -0.1) is 0 Å². The Bertz CT molecular complexity index is 983. The highest BCUT2D eigenvalue weighted by Gasteiger charge is 2.43. The fourth-order valence-electron chi connectivity index (χ4n) is 5.17. The highest BCUT2D eigenvalue weighted by atomic mass is 19.1. The van der Waals surface area contributed by atoms with E-state index in [9.17, 15) is 14.0 Å². The Labute approximate surface area is 168 Å². The molecule has 1 N–H and O–H groups in total. The second-order valence-corrected chi connectivity index (χ2v) is 8.22. The van der Waals surface area contributed by atoms with Gasteiger partial charge in [0.05, 0.1) is 5.69 Å². The minimum Gasteiger partial charge on any atom is -0.366 e. The molecule has 0 aliphatic carbocycles. The van der Waals surface area contributed by atoms with Gasteiger partial charge in [-0.3, -0.25) is 14.2 Å². The van der Waals surface area contributed by atoms with Crippen molar-refractivity contribution >= 4 is 11.6 Å². The third-order valence-electron chi connectivity index (χ3n) is 6.59. The normalized spacial score (nSPS) is 26.2. The molecule has 1 aromatic carbocycles. The first-order valence-electron chi connectivity index (χ1n) is 10.3. The average molecular weight is 396 g/mol. The van der Waals surface area contributed by atoms with Gasteiger partial charge in [-0.2, -0.15) is 0 Å². The number of anilines is 1. The highest BCUT2D eigenvalue weighted by Crippen LogP contribution is 2.39. The molecule has 3 aliphatic rings. The first-order chi connectivity index (χ1) is 14.1. The van der Waals surface area contributed by atoms with E-state index in [2.05, 4.69) is 5.32 Å². The van der Waals surface area contributed by atoms with Crippen LogP contribution in [0.25, 0.3) is 0 Å². The number of carbonyl (C=O) groups is 1. The maximum atomic E-state index is 14.1. The van der Waals surface area contributed by atoms with Gasteiger partial charge in [0, 0.05) is 62.9 Å². The van der Waals surface area contributed by atoms with Crippen LogP contribution in [-0.2, 0) is 4.79 Å². The first-order valence-corrected chi connectivity index (χ1v) is 10.3. The summed E-state index contributed by atoms with van der Waals surface area (Å²) in [6.07, 6.45) is 0.933. The van der Waals surface area contributed by atoms with Crippen molar-refractivity contribution in [1.82, 2.24) is 14.8 Å². The van der Waals surface area contributed by atoms with Gasteiger partial charge >= 0.3 is 0 Å². The molecular formula is C22H25FN4O2. The van der Waals surface area contributed by atoms with Crippen LogP contribution in [0.1, 0.15) is 24.1 Å². The number of rotatable bonds is 2. The summed E-state index contributed by atoms with van der Waals surface area (Å²) >= 11 is 0. The second kappa shape index (κ2) is 7.30. The average Bonchev–Trinajstić information content (AvgIpc) is 2.75. The quantitative estimate of drug-likeness (QED) is 0.838. The van der Waals surface area contributed by atoms with E-state index in [-0.39, 0.29) is 29.1 Å². The van der Waals surface area contributed by atoms with Crippen LogP contribution in [0.4, 0.5) is 10.1 Å². The van der Waals surface area contributed by atoms with Crippen molar-refractivity contribution < 1.29 is 9.18 Å². The Hall–Kier alpha value is -2.67. The third-order valence-corrected chi connectivity index (χ3v) is 6.59. The van der Waals surface area contributed by atoms with E-state index in [1.54, 1.807) is 28.8 Å². The number of benzene rings is 1. The lowest BCUT2D eigenvalue weighted by Gasteiger charge is -2.45. The summed E-state index contributed by atoms with van der Waals surface area (Å²) in [4.78, 5) is 30.0. The number of piperazine rings is 1. The van der Waals surface area contributed by atoms with Gasteiger partial charge in [0.25, 0.3) is 5.56 Å². The van der Waals surface area contributed by atoms with E-state index in [0.717, 1.165) is 25.2 Å². The first kappa shape index (κ1) is 18.4. The monoisotopic (exact) mass is 396 g/mol. The molecule has 2 aromatic rings. The molecule has 5 rings (SSSR count). The summed E-state index contributed by atoms with van der Waals surface area (Å²) in [6.45, 7) is 3.84. The molecule has 29 heavy (non-hydrogen) atoms. The molecule has 2 saturated heterocycles. The van der Waals surface area contributed by atoms with Gasteiger partial charge in [0.15, 0.2) is 0 Å². The van der Waals surface area contributed by atoms with Crippen LogP contribution >= 0.6 is 0 Å². The van der Waals surface area contributed by atoms with E-state index in [4.69, 9.17) is 0 Å². The van der Waals surface area contributed by atoms with Gasteiger partial charge < -0.3 is 15.1 Å². The molecule has 152 valence electrons. The van der Waals surface area contributed by atoms with Crippen molar-refractivity contribution in [3.8, 4) is 0 Å².